The van der Waals surface area contributed by atoms with E-state index in [0.717, 1.165) is 11.1 Å². The molecule has 198 valence electrons. The molecule has 0 fully saturated rings. The molecular weight excluding hydrogens is 488 g/mol. The normalized spacial score (nSPS) is 12.9. The monoisotopic (exact) mass is 518 g/mol. The Morgan fingerprint density at radius 1 is 0.921 bits per heavy atom. The van der Waals surface area contributed by atoms with Crippen LogP contribution < -0.4 is 35.3 Å². The number of nitrogens with zero attached hydrogens (tertiary/aromatic N) is 1. The zero-order valence-electron chi connectivity index (χ0n) is 21.2. The summed E-state index contributed by atoms with van der Waals surface area (Å²) < 4.78 is 21.2. The molecule has 4 rings (SSSR count). The van der Waals surface area contributed by atoms with Crippen LogP contribution in [0.3, 0.4) is 0 Å². The molecule has 0 spiro atoms. The van der Waals surface area contributed by atoms with Crippen LogP contribution in [0.25, 0.3) is 0 Å². The molecular formula is C28H30N4O6. The Balaban J connectivity index is 1.42. The minimum Gasteiger partial charge on any atom is -0.493 e. The first-order valence-electron chi connectivity index (χ1n) is 12.0. The van der Waals surface area contributed by atoms with E-state index in [2.05, 4.69) is 15.6 Å². The Bertz CT molecular complexity index is 1310. The lowest BCUT2D eigenvalue weighted by atomic mass is 10.1. The van der Waals surface area contributed by atoms with E-state index in [1.54, 1.807) is 44.6 Å². The quantitative estimate of drug-likeness (QED) is 0.275. The van der Waals surface area contributed by atoms with Gasteiger partial charge in [-0.15, -0.1) is 0 Å². The second-order valence-corrected chi connectivity index (χ2v) is 8.55. The Kier molecular flexibility index (Phi) is 8.65. The molecule has 1 atom stereocenters. The van der Waals surface area contributed by atoms with Gasteiger partial charge < -0.3 is 35.3 Å². The lowest BCUT2D eigenvalue weighted by molar-refractivity contribution is -0.123. The van der Waals surface area contributed by atoms with Gasteiger partial charge in [0.25, 0.3) is 5.91 Å². The molecule has 2 amide bonds. The molecule has 0 aromatic heterocycles. The highest BCUT2D eigenvalue weighted by atomic mass is 16.7. The van der Waals surface area contributed by atoms with Crippen LogP contribution in [0.15, 0.2) is 71.7 Å². The van der Waals surface area contributed by atoms with Crippen molar-refractivity contribution in [1.29, 1.82) is 0 Å². The summed E-state index contributed by atoms with van der Waals surface area (Å²) in [6.45, 7) is 0.408. The summed E-state index contributed by atoms with van der Waals surface area (Å²) in [5, 5.41) is 5.82. The molecule has 1 unspecified atom stereocenters. The van der Waals surface area contributed by atoms with Gasteiger partial charge in [0.05, 0.1) is 20.6 Å². The van der Waals surface area contributed by atoms with Crippen LogP contribution in [0.1, 0.15) is 16.7 Å². The highest BCUT2D eigenvalue weighted by molar-refractivity contribution is 5.95. The lowest BCUT2D eigenvalue weighted by Crippen LogP contribution is -2.50. The van der Waals surface area contributed by atoms with Crippen molar-refractivity contribution < 1.29 is 28.5 Å². The van der Waals surface area contributed by atoms with E-state index in [0.29, 0.717) is 35.0 Å². The van der Waals surface area contributed by atoms with Crippen molar-refractivity contribution in [2.45, 2.75) is 25.4 Å². The summed E-state index contributed by atoms with van der Waals surface area (Å²) in [6.07, 6.45) is 0.360. The molecule has 4 N–H and O–H groups in total. The molecule has 10 heteroatoms. The van der Waals surface area contributed by atoms with Gasteiger partial charge in [-0.3, -0.25) is 9.59 Å². The average Bonchev–Trinajstić information content (AvgIpc) is 3.39. The minimum absolute atomic E-state index is 0.0217. The number of benzene rings is 3. The number of rotatable bonds is 10. The Morgan fingerprint density at radius 2 is 1.66 bits per heavy atom. The second kappa shape index (κ2) is 12.5. The van der Waals surface area contributed by atoms with Gasteiger partial charge in [0.2, 0.25) is 12.7 Å². The van der Waals surface area contributed by atoms with Crippen molar-refractivity contribution >= 4 is 17.8 Å². The van der Waals surface area contributed by atoms with E-state index in [1.807, 2.05) is 36.4 Å². The van der Waals surface area contributed by atoms with Gasteiger partial charge in [-0.25, -0.2) is 0 Å². The SMILES string of the molecule is COc1ccc(CNC(=O)C(Cc2ccccc2)NC(N)=NC(=O)Cc2ccc3c(c2)OCO3)cc1OC. The van der Waals surface area contributed by atoms with Gasteiger partial charge in [-0.2, -0.15) is 4.99 Å². The van der Waals surface area contributed by atoms with Gasteiger partial charge >= 0.3 is 0 Å². The van der Waals surface area contributed by atoms with E-state index < -0.39 is 11.9 Å². The molecule has 3 aromatic carbocycles. The van der Waals surface area contributed by atoms with E-state index in [9.17, 15) is 9.59 Å². The number of carbonyl (C=O) groups is 2. The number of hydrogen-bond donors (Lipinski definition) is 3. The standard InChI is InChI=1S/C28H30N4O6/c1-35-22-10-9-20(14-24(22)36-2)16-30-27(34)21(12-18-6-4-3-5-7-18)31-28(29)32-26(33)15-19-8-11-23-25(13-19)38-17-37-23/h3-11,13-14,21H,12,15-17H2,1-2H3,(H,30,34)(H3,29,31,32,33). The number of fused-ring (bicyclic) bond motifs is 1. The summed E-state index contributed by atoms with van der Waals surface area (Å²) in [4.78, 5) is 29.7. The van der Waals surface area contributed by atoms with Crippen molar-refractivity contribution in [3.8, 4) is 23.0 Å². The van der Waals surface area contributed by atoms with Crippen molar-refractivity contribution in [2.24, 2.45) is 10.7 Å². The first-order valence-corrected chi connectivity index (χ1v) is 12.0. The molecule has 0 aliphatic carbocycles. The van der Waals surface area contributed by atoms with Gasteiger partial charge in [0, 0.05) is 13.0 Å². The number of amides is 2. The molecule has 3 aromatic rings. The number of hydrogen-bond acceptors (Lipinski definition) is 6. The van der Waals surface area contributed by atoms with Crippen LogP contribution in [-0.2, 0) is 29.0 Å². The molecule has 10 nitrogen and oxygen atoms in total. The zero-order valence-corrected chi connectivity index (χ0v) is 21.2. The number of methoxy groups -OCH3 is 2. The second-order valence-electron chi connectivity index (χ2n) is 8.55. The molecule has 1 aliphatic heterocycles. The van der Waals surface area contributed by atoms with Crippen LogP contribution in [0.4, 0.5) is 0 Å². The largest absolute Gasteiger partial charge is 0.493 e. The first-order chi connectivity index (χ1) is 18.4. The summed E-state index contributed by atoms with van der Waals surface area (Å²) in [5.74, 6) is 1.48. The van der Waals surface area contributed by atoms with Crippen LogP contribution in [0, 0.1) is 0 Å². The summed E-state index contributed by atoms with van der Waals surface area (Å²) in [5.41, 5.74) is 8.51. The maximum Gasteiger partial charge on any atom is 0.253 e. The third-order valence-electron chi connectivity index (χ3n) is 5.87. The smallest absolute Gasteiger partial charge is 0.253 e. The number of nitrogens with two attached hydrogens (primary N) is 1. The number of aliphatic imine (C=N–C) groups is 1. The van der Waals surface area contributed by atoms with E-state index in [-0.39, 0.29) is 31.6 Å². The Hall–Kier alpha value is -4.73. The fourth-order valence-corrected chi connectivity index (χ4v) is 3.97. The fraction of sp³-hybridized carbons (Fsp3) is 0.250. The topological polar surface area (TPSA) is 134 Å². The molecule has 38 heavy (non-hydrogen) atoms. The predicted molar refractivity (Wildman–Crippen MR) is 141 cm³/mol. The van der Waals surface area contributed by atoms with Gasteiger partial charge in [-0.05, 0) is 41.0 Å². The van der Waals surface area contributed by atoms with Crippen molar-refractivity contribution in [1.82, 2.24) is 10.6 Å². The Labute approximate surface area is 220 Å². The van der Waals surface area contributed by atoms with Crippen molar-refractivity contribution in [3.05, 3.63) is 83.4 Å². The van der Waals surface area contributed by atoms with Crippen LogP contribution in [-0.4, -0.2) is 44.8 Å². The number of nitrogens with one attached hydrogen (secondary N) is 2. The zero-order chi connectivity index (χ0) is 26.9. The predicted octanol–water partition coefficient (Wildman–Crippen LogP) is 2.33. The molecule has 1 aliphatic rings. The Morgan fingerprint density at radius 3 is 2.42 bits per heavy atom. The van der Waals surface area contributed by atoms with Crippen LogP contribution in [0.5, 0.6) is 23.0 Å². The van der Waals surface area contributed by atoms with E-state index in [1.165, 1.54) is 0 Å². The van der Waals surface area contributed by atoms with E-state index >= 15 is 0 Å². The molecule has 0 radical (unpaired) electrons. The average molecular weight is 519 g/mol. The third kappa shape index (κ3) is 6.94. The lowest BCUT2D eigenvalue weighted by Gasteiger charge is -2.19. The maximum absolute atomic E-state index is 13.2. The van der Waals surface area contributed by atoms with Crippen molar-refractivity contribution in [3.63, 3.8) is 0 Å². The van der Waals surface area contributed by atoms with E-state index in [4.69, 9.17) is 24.7 Å². The van der Waals surface area contributed by atoms with Crippen LogP contribution in [0.2, 0.25) is 0 Å². The summed E-state index contributed by atoms with van der Waals surface area (Å²) >= 11 is 0. The summed E-state index contributed by atoms with van der Waals surface area (Å²) in [6, 6.07) is 19.4. The molecule has 0 bridgehead atoms. The van der Waals surface area contributed by atoms with Crippen LogP contribution >= 0.6 is 0 Å². The number of guanidine groups is 1. The minimum atomic E-state index is -0.764. The highest BCUT2D eigenvalue weighted by Crippen LogP contribution is 2.32. The molecule has 0 saturated heterocycles. The summed E-state index contributed by atoms with van der Waals surface area (Å²) in [7, 11) is 3.11. The van der Waals surface area contributed by atoms with Crippen molar-refractivity contribution in [2.75, 3.05) is 21.0 Å². The fourth-order valence-electron chi connectivity index (χ4n) is 3.97. The van der Waals surface area contributed by atoms with Gasteiger partial charge in [-0.1, -0.05) is 42.5 Å². The molecule has 1 heterocycles. The van der Waals surface area contributed by atoms with Gasteiger partial charge in [0.15, 0.2) is 29.0 Å². The van der Waals surface area contributed by atoms with Gasteiger partial charge in [0.1, 0.15) is 6.04 Å². The highest BCUT2D eigenvalue weighted by Gasteiger charge is 2.21. The maximum atomic E-state index is 13.2. The molecule has 0 saturated carbocycles. The first kappa shape index (κ1) is 26.3. The number of ether oxygens (including phenoxy) is 4. The third-order valence-corrected chi connectivity index (χ3v) is 5.87. The number of carbonyl (C=O) groups excluding carboxylic acids is 2.